The van der Waals surface area contributed by atoms with Crippen molar-refractivity contribution in [3.8, 4) is 12.1 Å². The first-order valence-electron chi connectivity index (χ1n) is 3.46. The van der Waals surface area contributed by atoms with Gasteiger partial charge >= 0.3 is 5.00 Å². The van der Waals surface area contributed by atoms with E-state index in [1.165, 1.54) is 12.1 Å². The van der Waals surface area contributed by atoms with E-state index in [9.17, 15) is 4.39 Å². The van der Waals surface area contributed by atoms with E-state index in [2.05, 4.69) is 0 Å². The van der Waals surface area contributed by atoms with Crippen LogP contribution < -0.4 is 0 Å². The molecule has 0 fully saturated rings. The molecule has 0 saturated heterocycles. The second kappa shape index (κ2) is 3.93. The summed E-state index contributed by atoms with van der Waals surface area (Å²) in [5.74, 6) is 0. The lowest BCUT2D eigenvalue weighted by Gasteiger charge is -2.06. The third-order valence-corrected chi connectivity index (χ3v) is 2.26. The summed E-state index contributed by atoms with van der Waals surface area (Å²) in [6.07, 6.45) is 0. The SMILES string of the molecule is N#CC(F)(C#N)Sc1ccccc1. The molecule has 0 saturated carbocycles. The second-order valence-electron chi connectivity index (χ2n) is 2.23. The number of alkyl halides is 1. The molecule has 0 unspecified atom stereocenters. The Balaban J connectivity index is 2.83. The average molecular weight is 192 g/mol. The third-order valence-electron chi connectivity index (χ3n) is 1.29. The number of hydrogen-bond acceptors (Lipinski definition) is 3. The Labute approximate surface area is 79.6 Å². The van der Waals surface area contributed by atoms with E-state index in [1.807, 2.05) is 0 Å². The van der Waals surface area contributed by atoms with Crippen LogP contribution in [0.1, 0.15) is 0 Å². The number of rotatable bonds is 2. The standard InChI is InChI=1S/C9H5FN2S/c10-9(6-11,7-12)13-8-4-2-1-3-5-8/h1-5H. The molecule has 0 atom stereocenters. The molecule has 0 aromatic heterocycles. The van der Waals surface area contributed by atoms with Crippen molar-refractivity contribution in [3.63, 3.8) is 0 Å². The summed E-state index contributed by atoms with van der Waals surface area (Å²) in [7, 11) is 0. The Morgan fingerprint density at radius 1 is 1.15 bits per heavy atom. The summed E-state index contributed by atoms with van der Waals surface area (Å²) < 4.78 is 13.2. The molecule has 13 heavy (non-hydrogen) atoms. The molecule has 2 nitrogen and oxygen atoms in total. The van der Waals surface area contributed by atoms with Gasteiger partial charge in [0, 0.05) is 4.90 Å². The summed E-state index contributed by atoms with van der Waals surface area (Å²) in [4.78, 5) is 0.563. The van der Waals surface area contributed by atoms with Crippen LogP contribution in [-0.4, -0.2) is 5.00 Å². The lowest BCUT2D eigenvalue weighted by atomic mass is 10.4. The van der Waals surface area contributed by atoms with E-state index in [1.54, 1.807) is 30.3 Å². The normalized spacial score (nSPS) is 10.1. The third kappa shape index (κ3) is 2.47. The molecule has 1 rings (SSSR count). The van der Waals surface area contributed by atoms with Crippen molar-refractivity contribution in [1.29, 1.82) is 10.5 Å². The topological polar surface area (TPSA) is 47.6 Å². The zero-order chi connectivity index (χ0) is 9.73. The highest BCUT2D eigenvalue weighted by molar-refractivity contribution is 8.01. The van der Waals surface area contributed by atoms with Crippen LogP contribution in [0.5, 0.6) is 0 Å². The van der Waals surface area contributed by atoms with Gasteiger partial charge in [-0.3, -0.25) is 0 Å². The second-order valence-corrected chi connectivity index (χ2v) is 3.47. The molecule has 0 amide bonds. The minimum Gasteiger partial charge on any atom is -0.198 e. The Kier molecular flexibility index (Phi) is 2.89. The van der Waals surface area contributed by atoms with Crippen molar-refractivity contribution in [2.75, 3.05) is 0 Å². The molecular weight excluding hydrogens is 187 g/mol. The molecule has 0 aliphatic rings. The maximum Gasteiger partial charge on any atom is 0.330 e. The molecule has 0 bridgehead atoms. The predicted octanol–water partition coefficient (Wildman–Crippen LogP) is 2.49. The van der Waals surface area contributed by atoms with Gasteiger partial charge in [-0.15, -0.1) is 0 Å². The van der Waals surface area contributed by atoms with Gasteiger partial charge in [-0.25, -0.2) is 0 Å². The van der Waals surface area contributed by atoms with Crippen LogP contribution in [0.4, 0.5) is 4.39 Å². The fourth-order valence-electron chi connectivity index (χ4n) is 0.722. The van der Waals surface area contributed by atoms with E-state index in [4.69, 9.17) is 10.5 Å². The summed E-state index contributed by atoms with van der Waals surface area (Å²) in [6.45, 7) is 0. The molecule has 1 aromatic rings. The fraction of sp³-hybridized carbons (Fsp3) is 0.111. The Morgan fingerprint density at radius 3 is 2.15 bits per heavy atom. The van der Waals surface area contributed by atoms with Crippen LogP contribution in [0.3, 0.4) is 0 Å². The fourth-order valence-corrected chi connectivity index (χ4v) is 1.43. The van der Waals surface area contributed by atoms with Gasteiger partial charge in [-0.05, 0) is 12.1 Å². The zero-order valence-electron chi connectivity index (χ0n) is 6.57. The molecule has 0 spiro atoms. The van der Waals surface area contributed by atoms with Crippen molar-refractivity contribution < 1.29 is 4.39 Å². The van der Waals surface area contributed by atoms with Crippen LogP contribution in [0, 0.1) is 22.7 Å². The quantitative estimate of drug-likeness (QED) is 0.676. The highest BCUT2D eigenvalue weighted by Gasteiger charge is 2.30. The molecular formula is C9H5FN2S. The number of thioether (sulfide) groups is 1. The summed E-state index contributed by atoms with van der Waals surface area (Å²) in [5.41, 5.74) is 0. The lowest BCUT2D eigenvalue weighted by molar-refractivity contribution is 0.445. The number of nitriles is 2. The van der Waals surface area contributed by atoms with Crippen LogP contribution in [0.2, 0.25) is 0 Å². The number of hydrogen-bond donors (Lipinski definition) is 0. The van der Waals surface area contributed by atoms with Gasteiger partial charge in [0.25, 0.3) is 0 Å². The van der Waals surface area contributed by atoms with Gasteiger partial charge in [0.1, 0.15) is 12.1 Å². The molecule has 1 aromatic carbocycles. The maximum absolute atomic E-state index is 13.2. The Bertz CT molecular complexity index is 349. The summed E-state index contributed by atoms with van der Waals surface area (Å²) in [6, 6.07) is 11.1. The van der Waals surface area contributed by atoms with Gasteiger partial charge in [0.2, 0.25) is 0 Å². The molecule has 4 heteroatoms. The lowest BCUT2D eigenvalue weighted by Crippen LogP contribution is -2.10. The summed E-state index contributed by atoms with van der Waals surface area (Å²) in [5, 5.41) is 14.3. The summed E-state index contributed by atoms with van der Waals surface area (Å²) >= 11 is 0.602. The first kappa shape index (κ1) is 9.57. The zero-order valence-corrected chi connectivity index (χ0v) is 7.38. The van der Waals surface area contributed by atoms with Crippen molar-refractivity contribution in [3.05, 3.63) is 30.3 Å². The molecule has 0 aliphatic heterocycles. The minimum atomic E-state index is -2.48. The Morgan fingerprint density at radius 2 is 1.69 bits per heavy atom. The number of halogens is 1. The van der Waals surface area contributed by atoms with Crippen molar-refractivity contribution in [2.24, 2.45) is 0 Å². The van der Waals surface area contributed by atoms with Gasteiger partial charge in [-0.2, -0.15) is 14.9 Å². The monoisotopic (exact) mass is 192 g/mol. The van der Waals surface area contributed by atoms with E-state index in [0.29, 0.717) is 16.7 Å². The van der Waals surface area contributed by atoms with Crippen molar-refractivity contribution in [1.82, 2.24) is 0 Å². The van der Waals surface area contributed by atoms with E-state index >= 15 is 0 Å². The first-order chi connectivity index (χ1) is 6.20. The van der Waals surface area contributed by atoms with Crippen LogP contribution in [0.15, 0.2) is 35.2 Å². The Hall–Kier alpha value is -1.52. The number of benzene rings is 1. The van der Waals surface area contributed by atoms with Gasteiger partial charge < -0.3 is 0 Å². The first-order valence-corrected chi connectivity index (χ1v) is 4.27. The molecule has 0 radical (unpaired) electrons. The van der Waals surface area contributed by atoms with Gasteiger partial charge in [-0.1, -0.05) is 30.0 Å². The molecule has 0 heterocycles. The highest BCUT2D eigenvalue weighted by atomic mass is 32.2. The molecule has 0 aliphatic carbocycles. The maximum atomic E-state index is 13.2. The van der Waals surface area contributed by atoms with E-state index in [-0.39, 0.29) is 0 Å². The average Bonchev–Trinajstić information content (AvgIpc) is 2.19. The predicted molar refractivity (Wildman–Crippen MR) is 47.4 cm³/mol. The van der Waals surface area contributed by atoms with Gasteiger partial charge in [0.05, 0.1) is 0 Å². The van der Waals surface area contributed by atoms with E-state index < -0.39 is 5.00 Å². The largest absolute Gasteiger partial charge is 0.330 e. The van der Waals surface area contributed by atoms with Gasteiger partial charge in [0.15, 0.2) is 0 Å². The van der Waals surface area contributed by atoms with E-state index in [0.717, 1.165) is 0 Å². The van der Waals surface area contributed by atoms with Crippen LogP contribution in [-0.2, 0) is 0 Å². The molecule has 64 valence electrons. The smallest absolute Gasteiger partial charge is 0.198 e. The highest BCUT2D eigenvalue weighted by Crippen LogP contribution is 2.32. The minimum absolute atomic E-state index is 0.563. The van der Waals surface area contributed by atoms with Crippen LogP contribution >= 0.6 is 11.8 Å². The number of nitrogens with zero attached hydrogens (tertiary/aromatic N) is 2. The van der Waals surface area contributed by atoms with Crippen LogP contribution in [0.25, 0.3) is 0 Å². The van der Waals surface area contributed by atoms with Crippen molar-refractivity contribution >= 4 is 11.8 Å². The van der Waals surface area contributed by atoms with Crippen molar-refractivity contribution in [2.45, 2.75) is 9.90 Å². The molecule has 0 N–H and O–H groups in total.